The lowest BCUT2D eigenvalue weighted by molar-refractivity contribution is 0.326. The van der Waals surface area contributed by atoms with E-state index in [1.165, 1.54) is 25.7 Å². The standard InChI is InChI=1S/C14H22N4O/c1-2-19-13-7-9-16-14(17-13)18(12-5-6-12)10-11-4-3-8-15-11/h7,9,11-12,15H,2-6,8,10H2,1H3. The van der Waals surface area contributed by atoms with E-state index in [0.717, 1.165) is 19.0 Å². The Morgan fingerprint density at radius 2 is 2.32 bits per heavy atom. The van der Waals surface area contributed by atoms with Gasteiger partial charge in [-0.1, -0.05) is 0 Å². The lowest BCUT2D eigenvalue weighted by atomic mass is 10.2. The Hall–Kier alpha value is -1.36. The van der Waals surface area contributed by atoms with Gasteiger partial charge in [-0.05, 0) is 39.2 Å². The summed E-state index contributed by atoms with van der Waals surface area (Å²) in [6.07, 6.45) is 6.85. The van der Waals surface area contributed by atoms with Gasteiger partial charge in [-0.2, -0.15) is 4.98 Å². The fourth-order valence-electron chi connectivity index (χ4n) is 2.63. The number of hydrogen-bond donors (Lipinski definition) is 1. The SMILES string of the molecule is CCOc1ccnc(N(CC2CCCN2)C2CC2)n1. The van der Waals surface area contributed by atoms with E-state index in [9.17, 15) is 0 Å². The average molecular weight is 262 g/mol. The van der Waals surface area contributed by atoms with E-state index >= 15 is 0 Å². The number of ether oxygens (including phenoxy) is 1. The van der Waals surface area contributed by atoms with Gasteiger partial charge in [0.1, 0.15) is 0 Å². The highest BCUT2D eigenvalue weighted by Crippen LogP contribution is 2.31. The summed E-state index contributed by atoms with van der Waals surface area (Å²) in [5, 5.41) is 3.55. The van der Waals surface area contributed by atoms with E-state index in [2.05, 4.69) is 20.2 Å². The molecular weight excluding hydrogens is 240 g/mol. The van der Waals surface area contributed by atoms with Crippen molar-refractivity contribution < 1.29 is 4.74 Å². The van der Waals surface area contributed by atoms with Crippen LogP contribution in [0.1, 0.15) is 32.6 Å². The molecule has 1 N–H and O–H groups in total. The smallest absolute Gasteiger partial charge is 0.228 e. The largest absolute Gasteiger partial charge is 0.478 e. The molecule has 2 fully saturated rings. The molecule has 1 saturated heterocycles. The van der Waals surface area contributed by atoms with Gasteiger partial charge in [0.05, 0.1) is 6.61 Å². The van der Waals surface area contributed by atoms with Crippen molar-refractivity contribution in [1.82, 2.24) is 15.3 Å². The van der Waals surface area contributed by atoms with E-state index in [-0.39, 0.29) is 0 Å². The monoisotopic (exact) mass is 262 g/mol. The minimum Gasteiger partial charge on any atom is -0.478 e. The summed E-state index contributed by atoms with van der Waals surface area (Å²) in [7, 11) is 0. The third-order valence-corrected chi connectivity index (χ3v) is 3.73. The Morgan fingerprint density at radius 1 is 1.42 bits per heavy atom. The number of nitrogens with zero attached hydrogens (tertiary/aromatic N) is 3. The summed E-state index contributed by atoms with van der Waals surface area (Å²) in [6.45, 7) is 4.77. The molecule has 5 nitrogen and oxygen atoms in total. The molecule has 1 aliphatic heterocycles. The first-order chi connectivity index (χ1) is 9.36. The van der Waals surface area contributed by atoms with Crippen molar-refractivity contribution in [2.45, 2.75) is 44.7 Å². The Bertz CT molecular complexity index is 416. The fraction of sp³-hybridized carbons (Fsp3) is 0.714. The van der Waals surface area contributed by atoms with Crippen LogP contribution in [0.2, 0.25) is 0 Å². The molecule has 1 aromatic heterocycles. The van der Waals surface area contributed by atoms with E-state index < -0.39 is 0 Å². The van der Waals surface area contributed by atoms with Crippen LogP contribution in [0.15, 0.2) is 12.3 Å². The maximum atomic E-state index is 5.47. The van der Waals surface area contributed by atoms with Gasteiger partial charge in [-0.15, -0.1) is 0 Å². The Morgan fingerprint density at radius 3 is 3.00 bits per heavy atom. The van der Waals surface area contributed by atoms with Crippen molar-refractivity contribution in [2.24, 2.45) is 0 Å². The first-order valence-corrected chi connectivity index (χ1v) is 7.32. The number of nitrogens with one attached hydrogen (secondary N) is 1. The second-order valence-corrected chi connectivity index (χ2v) is 5.30. The molecule has 0 aromatic carbocycles. The molecule has 1 atom stereocenters. The first-order valence-electron chi connectivity index (χ1n) is 7.32. The van der Waals surface area contributed by atoms with Gasteiger partial charge in [0.25, 0.3) is 0 Å². The highest BCUT2D eigenvalue weighted by atomic mass is 16.5. The predicted molar refractivity (Wildman–Crippen MR) is 74.6 cm³/mol. The van der Waals surface area contributed by atoms with Crippen LogP contribution in [0.3, 0.4) is 0 Å². The van der Waals surface area contributed by atoms with Gasteiger partial charge in [-0.3, -0.25) is 0 Å². The zero-order valence-corrected chi connectivity index (χ0v) is 11.5. The molecular formula is C14H22N4O. The van der Waals surface area contributed by atoms with Gasteiger partial charge in [0.2, 0.25) is 11.8 Å². The van der Waals surface area contributed by atoms with Gasteiger partial charge < -0.3 is 15.0 Å². The second-order valence-electron chi connectivity index (χ2n) is 5.30. The molecule has 1 unspecified atom stereocenters. The first kappa shape index (κ1) is 12.7. The van der Waals surface area contributed by atoms with Gasteiger partial charge >= 0.3 is 0 Å². The fourth-order valence-corrected chi connectivity index (χ4v) is 2.63. The molecule has 19 heavy (non-hydrogen) atoms. The van der Waals surface area contributed by atoms with Gasteiger partial charge in [0, 0.05) is 30.9 Å². The minimum atomic E-state index is 0.583. The van der Waals surface area contributed by atoms with E-state index in [1.54, 1.807) is 6.20 Å². The van der Waals surface area contributed by atoms with Gasteiger partial charge in [0.15, 0.2) is 0 Å². The highest BCUT2D eigenvalue weighted by molar-refractivity contribution is 5.36. The minimum absolute atomic E-state index is 0.583. The quantitative estimate of drug-likeness (QED) is 0.844. The molecule has 2 aliphatic rings. The molecule has 1 aliphatic carbocycles. The number of hydrogen-bond acceptors (Lipinski definition) is 5. The Labute approximate surface area is 114 Å². The third kappa shape index (κ3) is 3.15. The summed E-state index contributed by atoms with van der Waals surface area (Å²) >= 11 is 0. The van der Waals surface area contributed by atoms with E-state index in [0.29, 0.717) is 24.6 Å². The zero-order chi connectivity index (χ0) is 13.1. The molecule has 5 heteroatoms. The summed E-state index contributed by atoms with van der Waals surface area (Å²) in [4.78, 5) is 11.3. The normalized spacial score (nSPS) is 22.5. The van der Waals surface area contributed by atoms with E-state index in [4.69, 9.17) is 4.74 Å². The molecule has 2 heterocycles. The number of rotatable bonds is 6. The van der Waals surface area contributed by atoms with Crippen molar-refractivity contribution in [3.05, 3.63) is 12.3 Å². The summed E-state index contributed by atoms with van der Waals surface area (Å²) in [5.74, 6) is 1.50. The maximum absolute atomic E-state index is 5.47. The summed E-state index contributed by atoms with van der Waals surface area (Å²) in [5.41, 5.74) is 0. The van der Waals surface area contributed by atoms with Crippen LogP contribution in [0.4, 0.5) is 5.95 Å². The number of anilines is 1. The van der Waals surface area contributed by atoms with Crippen LogP contribution >= 0.6 is 0 Å². The molecule has 0 bridgehead atoms. The van der Waals surface area contributed by atoms with Crippen molar-refractivity contribution >= 4 is 5.95 Å². The Balaban J connectivity index is 1.73. The Kier molecular flexibility index (Phi) is 3.82. The molecule has 1 saturated carbocycles. The van der Waals surface area contributed by atoms with Crippen molar-refractivity contribution in [1.29, 1.82) is 0 Å². The van der Waals surface area contributed by atoms with Crippen LogP contribution in [-0.2, 0) is 0 Å². The maximum Gasteiger partial charge on any atom is 0.228 e. The van der Waals surface area contributed by atoms with Crippen LogP contribution in [0.25, 0.3) is 0 Å². The van der Waals surface area contributed by atoms with Crippen LogP contribution < -0.4 is 15.0 Å². The highest BCUT2D eigenvalue weighted by Gasteiger charge is 2.33. The topological polar surface area (TPSA) is 50.3 Å². The molecule has 0 amide bonds. The molecule has 3 rings (SSSR count). The third-order valence-electron chi connectivity index (χ3n) is 3.73. The van der Waals surface area contributed by atoms with Crippen molar-refractivity contribution in [2.75, 3.05) is 24.6 Å². The second kappa shape index (κ2) is 5.74. The molecule has 104 valence electrons. The molecule has 0 radical (unpaired) electrons. The van der Waals surface area contributed by atoms with Gasteiger partial charge in [-0.25, -0.2) is 4.98 Å². The lowest BCUT2D eigenvalue weighted by Gasteiger charge is -2.25. The van der Waals surface area contributed by atoms with Crippen LogP contribution in [0.5, 0.6) is 5.88 Å². The summed E-state index contributed by atoms with van der Waals surface area (Å²) in [6, 6.07) is 3.03. The van der Waals surface area contributed by atoms with Crippen molar-refractivity contribution in [3.63, 3.8) is 0 Å². The van der Waals surface area contributed by atoms with Crippen molar-refractivity contribution in [3.8, 4) is 5.88 Å². The summed E-state index contributed by atoms with van der Waals surface area (Å²) < 4.78 is 5.47. The van der Waals surface area contributed by atoms with Crippen LogP contribution in [-0.4, -0.2) is 41.7 Å². The molecule has 0 spiro atoms. The van der Waals surface area contributed by atoms with E-state index in [1.807, 2.05) is 13.0 Å². The van der Waals surface area contributed by atoms with Crippen LogP contribution in [0, 0.1) is 0 Å². The predicted octanol–water partition coefficient (Wildman–Crippen LogP) is 1.60. The lowest BCUT2D eigenvalue weighted by Crippen LogP contribution is -2.39. The zero-order valence-electron chi connectivity index (χ0n) is 11.5. The molecule has 1 aromatic rings. The average Bonchev–Trinajstić information content (AvgIpc) is 3.14. The number of aromatic nitrogens is 2.